The molecule has 1 aromatic rings. The third-order valence-corrected chi connectivity index (χ3v) is 3.92. The molecule has 4 nitrogen and oxygen atoms in total. The molecule has 1 heterocycles. The lowest BCUT2D eigenvalue weighted by atomic mass is 9.97. The maximum atomic E-state index is 9.18. The number of piperidine rings is 1. The summed E-state index contributed by atoms with van der Waals surface area (Å²) in [6.07, 6.45) is 4.42. The average molecular weight is 261 g/mol. The molecule has 0 spiro atoms. The van der Waals surface area contributed by atoms with E-state index in [0.29, 0.717) is 6.04 Å². The van der Waals surface area contributed by atoms with Gasteiger partial charge in [-0.25, -0.2) is 0 Å². The molecular weight excluding hydrogens is 238 g/mol. The van der Waals surface area contributed by atoms with Gasteiger partial charge in [-0.15, -0.1) is 0 Å². The Morgan fingerprint density at radius 3 is 2.89 bits per heavy atom. The summed E-state index contributed by atoms with van der Waals surface area (Å²) in [7, 11) is 0. The highest BCUT2D eigenvalue weighted by Gasteiger charge is 2.22. The predicted octanol–water partition coefficient (Wildman–Crippen LogP) is 2.02. The number of nitrogens with zero attached hydrogens (tertiary/aromatic N) is 1. The van der Waals surface area contributed by atoms with Crippen molar-refractivity contribution in [2.24, 2.45) is 5.73 Å². The minimum absolute atomic E-state index is 0.120. The van der Waals surface area contributed by atoms with E-state index >= 15 is 0 Å². The van der Waals surface area contributed by atoms with Gasteiger partial charge < -0.3 is 15.7 Å². The fourth-order valence-corrected chi connectivity index (χ4v) is 2.92. The summed E-state index contributed by atoms with van der Waals surface area (Å²) >= 11 is 0. The number of hydrogen-bond acceptors (Lipinski definition) is 3. The largest absolute Gasteiger partial charge is 0.396 e. The van der Waals surface area contributed by atoms with Crippen LogP contribution in [0.1, 0.15) is 36.8 Å². The van der Waals surface area contributed by atoms with Crippen molar-refractivity contribution in [2.45, 2.75) is 38.6 Å². The Morgan fingerprint density at radius 2 is 2.26 bits per heavy atom. The van der Waals surface area contributed by atoms with Crippen LogP contribution >= 0.6 is 0 Å². The van der Waals surface area contributed by atoms with Crippen molar-refractivity contribution in [1.29, 1.82) is 5.41 Å². The van der Waals surface area contributed by atoms with Gasteiger partial charge in [-0.1, -0.05) is 0 Å². The molecule has 2 rings (SSSR count). The summed E-state index contributed by atoms with van der Waals surface area (Å²) in [5, 5.41) is 16.7. The highest BCUT2D eigenvalue weighted by atomic mass is 16.3. The minimum Gasteiger partial charge on any atom is -0.396 e. The lowest BCUT2D eigenvalue weighted by Crippen LogP contribution is -2.40. The second-order valence-corrected chi connectivity index (χ2v) is 5.27. The number of aliphatic hydroxyl groups excluding tert-OH is 1. The average Bonchev–Trinajstić information content (AvgIpc) is 2.39. The first kappa shape index (κ1) is 13.9. The topological polar surface area (TPSA) is 73.3 Å². The van der Waals surface area contributed by atoms with Crippen LogP contribution in [0.2, 0.25) is 0 Å². The minimum atomic E-state index is 0.120. The van der Waals surface area contributed by atoms with E-state index < -0.39 is 0 Å². The number of rotatable bonds is 4. The van der Waals surface area contributed by atoms with Crippen molar-refractivity contribution in [3.63, 3.8) is 0 Å². The van der Waals surface area contributed by atoms with Crippen molar-refractivity contribution < 1.29 is 5.11 Å². The van der Waals surface area contributed by atoms with Gasteiger partial charge >= 0.3 is 0 Å². The van der Waals surface area contributed by atoms with E-state index in [2.05, 4.69) is 11.0 Å². The second-order valence-electron chi connectivity index (χ2n) is 5.27. The maximum Gasteiger partial charge on any atom is 0.123 e. The van der Waals surface area contributed by atoms with E-state index in [0.717, 1.165) is 30.5 Å². The molecule has 1 saturated heterocycles. The van der Waals surface area contributed by atoms with E-state index in [4.69, 9.17) is 11.1 Å². The molecule has 0 bridgehead atoms. The zero-order valence-electron chi connectivity index (χ0n) is 11.5. The van der Waals surface area contributed by atoms with Crippen molar-refractivity contribution in [2.75, 3.05) is 18.1 Å². The van der Waals surface area contributed by atoms with Crippen molar-refractivity contribution in [1.82, 2.24) is 0 Å². The molecule has 1 aliphatic rings. The lowest BCUT2D eigenvalue weighted by molar-refractivity contribution is 0.262. The van der Waals surface area contributed by atoms with Crippen molar-refractivity contribution in [3.8, 4) is 0 Å². The van der Waals surface area contributed by atoms with E-state index in [9.17, 15) is 5.11 Å². The molecule has 19 heavy (non-hydrogen) atoms. The summed E-state index contributed by atoms with van der Waals surface area (Å²) in [6.45, 7) is 3.28. The molecule has 4 N–H and O–H groups in total. The standard InChI is InChI=1S/C15H23N3O/c1-11-10-13(5-6-14(11)15(16)17)18-8-3-2-4-12(18)7-9-19/h5-6,10,12,19H,2-4,7-9H2,1H3,(H3,16,17). The van der Waals surface area contributed by atoms with E-state index in [1.54, 1.807) is 0 Å². The monoisotopic (exact) mass is 261 g/mol. The van der Waals surface area contributed by atoms with Crippen LogP contribution in [0.25, 0.3) is 0 Å². The molecule has 1 aromatic carbocycles. The van der Waals surface area contributed by atoms with Gasteiger partial charge in [0, 0.05) is 30.4 Å². The Balaban J connectivity index is 2.24. The molecule has 0 aliphatic carbocycles. The van der Waals surface area contributed by atoms with Crippen molar-refractivity contribution >= 4 is 11.5 Å². The number of aryl methyl sites for hydroxylation is 1. The summed E-state index contributed by atoms with van der Waals surface area (Å²) in [5.74, 6) is 0.120. The van der Waals surface area contributed by atoms with Gasteiger partial charge in [0.05, 0.1) is 0 Å². The summed E-state index contributed by atoms with van der Waals surface area (Å²) in [4.78, 5) is 2.39. The highest BCUT2D eigenvalue weighted by molar-refractivity contribution is 5.96. The molecule has 104 valence electrons. The second kappa shape index (κ2) is 6.06. The number of hydrogen-bond donors (Lipinski definition) is 3. The third-order valence-electron chi connectivity index (χ3n) is 3.92. The molecule has 1 atom stereocenters. The first-order valence-electron chi connectivity index (χ1n) is 6.96. The van der Waals surface area contributed by atoms with Gasteiger partial charge in [-0.3, -0.25) is 5.41 Å². The Kier molecular flexibility index (Phi) is 4.43. The normalized spacial score (nSPS) is 19.5. The third kappa shape index (κ3) is 3.07. The van der Waals surface area contributed by atoms with Crippen molar-refractivity contribution in [3.05, 3.63) is 29.3 Å². The van der Waals surface area contributed by atoms with Gasteiger partial charge in [-0.05, 0) is 56.4 Å². The molecule has 1 fully saturated rings. The van der Waals surface area contributed by atoms with Crippen LogP contribution in [0.3, 0.4) is 0 Å². The van der Waals surface area contributed by atoms with Crippen LogP contribution in [0, 0.1) is 12.3 Å². The number of benzene rings is 1. The molecule has 0 saturated carbocycles. The van der Waals surface area contributed by atoms with Gasteiger partial charge in [0.2, 0.25) is 0 Å². The molecular formula is C15H23N3O. The smallest absolute Gasteiger partial charge is 0.123 e. The lowest BCUT2D eigenvalue weighted by Gasteiger charge is -2.37. The molecule has 1 unspecified atom stereocenters. The number of nitrogen functional groups attached to an aromatic ring is 1. The zero-order valence-corrected chi connectivity index (χ0v) is 11.5. The first-order chi connectivity index (χ1) is 9.13. The Bertz CT molecular complexity index is 457. The Hall–Kier alpha value is -1.55. The number of amidine groups is 1. The maximum absolute atomic E-state index is 9.18. The number of nitrogens with two attached hydrogens (primary N) is 1. The van der Waals surface area contributed by atoms with E-state index in [1.165, 1.54) is 18.5 Å². The van der Waals surface area contributed by atoms with Crippen LogP contribution in [0.5, 0.6) is 0 Å². The highest BCUT2D eigenvalue weighted by Crippen LogP contribution is 2.28. The van der Waals surface area contributed by atoms with Crippen LogP contribution in [-0.4, -0.2) is 30.1 Å². The number of nitrogens with one attached hydrogen (secondary N) is 1. The SMILES string of the molecule is Cc1cc(N2CCCCC2CCO)ccc1C(=N)N. The quantitative estimate of drug-likeness (QED) is 0.573. The van der Waals surface area contributed by atoms with Crippen LogP contribution < -0.4 is 10.6 Å². The number of anilines is 1. The Labute approximate surface area is 114 Å². The van der Waals surface area contributed by atoms with Gasteiger partial charge in [-0.2, -0.15) is 0 Å². The van der Waals surface area contributed by atoms with Gasteiger partial charge in [0.15, 0.2) is 0 Å². The molecule has 4 heteroatoms. The molecule has 0 aromatic heterocycles. The zero-order chi connectivity index (χ0) is 13.8. The van der Waals surface area contributed by atoms with E-state index in [-0.39, 0.29) is 12.4 Å². The summed E-state index contributed by atoms with van der Waals surface area (Å²) in [5.41, 5.74) is 8.58. The summed E-state index contributed by atoms with van der Waals surface area (Å²) < 4.78 is 0. The molecule has 1 aliphatic heterocycles. The predicted molar refractivity (Wildman–Crippen MR) is 78.9 cm³/mol. The van der Waals surface area contributed by atoms with Crippen LogP contribution in [0.4, 0.5) is 5.69 Å². The van der Waals surface area contributed by atoms with E-state index in [1.807, 2.05) is 19.1 Å². The van der Waals surface area contributed by atoms with Crippen LogP contribution in [-0.2, 0) is 0 Å². The van der Waals surface area contributed by atoms with Crippen LogP contribution in [0.15, 0.2) is 18.2 Å². The number of aliphatic hydroxyl groups is 1. The fraction of sp³-hybridized carbons (Fsp3) is 0.533. The van der Waals surface area contributed by atoms with Gasteiger partial charge in [0.25, 0.3) is 0 Å². The first-order valence-corrected chi connectivity index (χ1v) is 6.96. The summed E-state index contributed by atoms with van der Waals surface area (Å²) in [6, 6.07) is 6.50. The fourth-order valence-electron chi connectivity index (χ4n) is 2.92. The van der Waals surface area contributed by atoms with Gasteiger partial charge in [0.1, 0.15) is 5.84 Å². The molecule has 0 amide bonds. The molecule has 0 radical (unpaired) electrons. The Morgan fingerprint density at radius 1 is 1.47 bits per heavy atom.